The molecule has 1 aliphatic rings. The van der Waals surface area contributed by atoms with E-state index in [0.29, 0.717) is 30.2 Å². The van der Waals surface area contributed by atoms with Crippen LogP contribution in [0.3, 0.4) is 0 Å². The van der Waals surface area contributed by atoms with Crippen LogP contribution in [-0.4, -0.2) is 29.1 Å². The average molecular weight is 335 g/mol. The van der Waals surface area contributed by atoms with Crippen molar-refractivity contribution in [1.29, 1.82) is 0 Å². The van der Waals surface area contributed by atoms with Crippen molar-refractivity contribution in [3.8, 4) is 0 Å². The van der Waals surface area contributed by atoms with Gasteiger partial charge in [0.25, 0.3) is 0 Å². The molecule has 1 aromatic heterocycles. The summed E-state index contributed by atoms with van der Waals surface area (Å²) in [5, 5.41) is 10.0. The van der Waals surface area contributed by atoms with Crippen molar-refractivity contribution in [1.82, 2.24) is 4.98 Å². The quantitative estimate of drug-likeness (QED) is 0.932. The zero-order chi connectivity index (χ0) is 16.4. The number of benzene rings is 1. The molecule has 0 bridgehead atoms. The van der Waals surface area contributed by atoms with E-state index in [2.05, 4.69) is 9.88 Å². The van der Waals surface area contributed by atoms with E-state index in [1.165, 1.54) is 18.3 Å². The highest BCUT2D eigenvalue weighted by molar-refractivity contribution is 6.30. The number of rotatable bonds is 3. The number of pyridine rings is 1. The maximum absolute atomic E-state index is 13.1. The number of anilines is 1. The molecule has 4 nitrogen and oxygen atoms in total. The fourth-order valence-corrected chi connectivity index (χ4v) is 3.15. The van der Waals surface area contributed by atoms with Gasteiger partial charge in [-0.25, -0.2) is 4.39 Å². The van der Waals surface area contributed by atoms with Crippen molar-refractivity contribution in [2.45, 2.75) is 12.3 Å². The second-order valence-corrected chi connectivity index (χ2v) is 6.10. The van der Waals surface area contributed by atoms with Crippen LogP contribution in [0.25, 0.3) is 0 Å². The van der Waals surface area contributed by atoms with Gasteiger partial charge in [-0.3, -0.25) is 9.78 Å². The summed E-state index contributed by atoms with van der Waals surface area (Å²) in [6, 6.07) is 9.74. The van der Waals surface area contributed by atoms with Crippen molar-refractivity contribution in [2.75, 3.05) is 18.0 Å². The number of carboxylic acid groups (broad SMARTS) is 1. The minimum Gasteiger partial charge on any atom is -0.481 e. The highest BCUT2D eigenvalue weighted by Gasteiger charge is 2.36. The predicted molar refractivity (Wildman–Crippen MR) is 86.3 cm³/mol. The Morgan fingerprint density at radius 3 is 2.61 bits per heavy atom. The van der Waals surface area contributed by atoms with E-state index < -0.39 is 11.9 Å². The SMILES string of the molecule is O=C(O)C1CCN(c2ccc(F)cc2)CC1c1ccc(Cl)cn1. The van der Waals surface area contributed by atoms with Crippen molar-refractivity contribution >= 4 is 23.3 Å². The lowest BCUT2D eigenvalue weighted by molar-refractivity contribution is -0.143. The highest BCUT2D eigenvalue weighted by Crippen LogP contribution is 2.34. The summed E-state index contributed by atoms with van der Waals surface area (Å²) in [6.07, 6.45) is 2.05. The molecule has 2 atom stereocenters. The van der Waals surface area contributed by atoms with E-state index in [1.54, 1.807) is 24.3 Å². The summed E-state index contributed by atoms with van der Waals surface area (Å²) in [5.74, 6) is -1.82. The number of halogens is 2. The van der Waals surface area contributed by atoms with E-state index in [0.717, 1.165) is 5.69 Å². The Balaban J connectivity index is 1.87. The number of hydrogen-bond acceptors (Lipinski definition) is 3. The highest BCUT2D eigenvalue weighted by atomic mass is 35.5. The fraction of sp³-hybridized carbons (Fsp3) is 0.294. The van der Waals surface area contributed by atoms with Gasteiger partial charge in [0.05, 0.1) is 10.9 Å². The Bertz CT molecular complexity index is 691. The zero-order valence-electron chi connectivity index (χ0n) is 12.3. The molecular weight excluding hydrogens is 319 g/mol. The van der Waals surface area contributed by atoms with Crippen LogP contribution < -0.4 is 4.90 Å². The van der Waals surface area contributed by atoms with Crippen LogP contribution >= 0.6 is 11.6 Å². The number of hydrogen-bond donors (Lipinski definition) is 1. The summed E-state index contributed by atoms with van der Waals surface area (Å²) in [6.45, 7) is 1.14. The van der Waals surface area contributed by atoms with E-state index in [1.807, 2.05) is 0 Å². The summed E-state index contributed by atoms with van der Waals surface area (Å²) < 4.78 is 13.1. The van der Waals surface area contributed by atoms with Gasteiger partial charge in [0.2, 0.25) is 0 Å². The molecule has 1 aromatic carbocycles. The van der Waals surface area contributed by atoms with Crippen molar-refractivity contribution in [2.24, 2.45) is 5.92 Å². The summed E-state index contributed by atoms with van der Waals surface area (Å²) in [7, 11) is 0. The van der Waals surface area contributed by atoms with Crippen LogP contribution in [0.5, 0.6) is 0 Å². The van der Waals surface area contributed by atoms with Crippen molar-refractivity contribution in [3.05, 3.63) is 59.1 Å². The number of aliphatic carboxylic acids is 1. The third-order valence-corrected chi connectivity index (χ3v) is 4.48. The van der Waals surface area contributed by atoms with Crippen molar-refractivity contribution in [3.63, 3.8) is 0 Å². The lowest BCUT2D eigenvalue weighted by Gasteiger charge is -2.37. The van der Waals surface area contributed by atoms with Gasteiger partial charge < -0.3 is 10.0 Å². The Kier molecular flexibility index (Phi) is 4.48. The normalized spacial score (nSPS) is 21.2. The molecule has 0 radical (unpaired) electrons. The van der Waals surface area contributed by atoms with Crippen LogP contribution in [0, 0.1) is 11.7 Å². The first-order valence-corrected chi connectivity index (χ1v) is 7.77. The van der Waals surface area contributed by atoms with Crippen molar-refractivity contribution < 1.29 is 14.3 Å². The molecule has 2 aromatic rings. The Labute approximate surface area is 138 Å². The molecule has 23 heavy (non-hydrogen) atoms. The monoisotopic (exact) mass is 334 g/mol. The van der Waals surface area contributed by atoms with E-state index in [4.69, 9.17) is 11.6 Å². The lowest BCUT2D eigenvalue weighted by Crippen LogP contribution is -2.42. The Morgan fingerprint density at radius 1 is 1.26 bits per heavy atom. The van der Waals surface area contributed by atoms with E-state index >= 15 is 0 Å². The minimum absolute atomic E-state index is 0.233. The zero-order valence-corrected chi connectivity index (χ0v) is 13.1. The number of piperidine rings is 1. The summed E-state index contributed by atoms with van der Waals surface area (Å²) in [4.78, 5) is 17.9. The molecule has 1 aliphatic heterocycles. The van der Waals surface area contributed by atoms with Gasteiger partial charge in [0.1, 0.15) is 5.82 Å². The maximum atomic E-state index is 13.1. The first-order valence-electron chi connectivity index (χ1n) is 7.39. The molecule has 0 aliphatic carbocycles. The van der Waals surface area contributed by atoms with Gasteiger partial charge in [-0.15, -0.1) is 0 Å². The predicted octanol–water partition coefficient (Wildman–Crippen LogP) is 3.57. The Hall–Kier alpha value is -2.14. The lowest BCUT2D eigenvalue weighted by atomic mass is 9.83. The van der Waals surface area contributed by atoms with Crippen LogP contribution in [0.15, 0.2) is 42.6 Å². The van der Waals surface area contributed by atoms with E-state index in [9.17, 15) is 14.3 Å². The summed E-state index contributed by atoms with van der Waals surface area (Å²) in [5.41, 5.74) is 1.60. The molecule has 0 amide bonds. The minimum atomic E-state index is -0.814. The van der Waals surface area contributed by atoms with Gasteiger partial charge >= 0.3 is 5.97 Å². The first-order chi connectivity index (χ1) is 11.0. The average Bonchev–Trinajstić information content (AvgIpc) is 2.55. The van der Waals surface area contributed by atoms with E-state index in [-0.39, 0.29) is 11.7 Å². The molecule has 2 heterocycles. The number of carboxylic acids is 1. The standard InChI is InChI=1S/C17H16ClFN2O2/c18-11-1-6-16(20-9-11)15-10-21(8-7-14(15)17(22)23)13-4-2-12(19)3-5-13/h1-6,9,14-15H,7-8,10H2,(H,22,23). The number of nitrogens with zero attached hydrogens (tertiary/aromatic N) is 2. The molecule has 120 valence electrons. The molecule has 6 heteroatoms. The van der Waals surface area contributed by atoms with Gasteiger partial charge in [-0.2, -0.15) is 0 Å². The summed E-state index contributed by atoms with van der Waals surface area (Å²) >= 11 is 5.86. The van der Waals surface area contributed by atoms with Crippen LogP contribution in [0.4, 0.5) is 10.1 Å². The molecule has 2 unspecified atom stereocenters. The second kappa shape index (κ2) is 6.54. The third-order valence-electron chi connectivity index (χ3n) is 4.25. The van der Waals surface area contributed by atoms with Gasteiger partial charge in [0, 0.05) is 36.6 Å². The molecule has 3 rings (SSSR count). The van der Waals surface area contributed by atoms with Gasteiger partial charge in [-0.1, -0.05) is 11.6 Å². The largest absolute Gasteiger partial charge is 0.481 e. The van der Waals surface area contributed by atoms with Gasteiger partial charge in [-0.05, 0) is 42.8 Å². The molecule has 1 N–H and O–H groups in total. The smallest absolute Gasteiger partial charge is 0.307 e. The van der Waals surface area contributed by atoms with Crippen LogP contribution in [-0.2, 0) is 4.79 Å². The third kappa shape index (κ3) is 3.45. The fourth-order valence-electron chi connectivity index (χ4n) is 3.04. The van der Waals surface area contributed by atoms with Crippen LogP contribution in [0.1, 0.15) is 18.0 Å². The molecule has 0 saturated carbocycles. The Morgan fingerprint density at radius 2 is 2.00 bits per heavy atom. The topological polar surface area (TPSA) is 53.4 Å². The molecule has 1 fully saturated rings. The van der Waals surface area contributed by atoms with Crippen LogP contribution in [0.2, 0.25) is 5.02 Å². The molecule has 1 saturated heterocycles. The number of aromatic nitrogens is 1. The first kappa shape index (κ1) is 15.7. The molecular formula is C17H16ClFN2O2. The van der Waals surface area contributed by atoms with Gasteiger partial charge in [0.15, 0.2) is 0 Å². The maximum Gasteiger partial charge on any atom is 0.307 e. The molecule has 0 spiro atoms. The second-order valence-electron chi connectivity index (χ2n) is 5.66. The number of carbonyl (C=O) groups is 1.